The summed E-state index contributed by atoms with van der Waals surface area (Å²) in [4.78, 5) is 0. The van der Waals surface area contributed by atoms with Crippen molar-refractivity contribution in [2.45, 2.75) is 71.4 Å². The molecular weight excluding hydrogens is 394 g/mol. The molecular formula is C23H31Cl2OP. The van der Waals surface area contributed by atoms with Crippen LogP contribution in [0, 0.1) is 0 Å². The standard InChI is InChI=1S/C23H31Cl2OP/c1-15(2)19-13-20(16(3)4)23(21(14-19)17(5)6)22(27(24,25)26)12-18-10-8-7-9-11-18/h7-11,13-17,22H,12H2,1-6H3. The van der Waals surface area contributed by atoms with Gasteiger partial charge in [0.2, 0.25) is 0 Å². The molecule has 148 valence electrons. The smallest absolute Gasteiger partial charge is 0.260 e. The van der Waals surface area contributed by atoms with Gasteiger partial charge in [-0.05, 0) is 74.5 Å². The van der Waals surface area contributed by atoms with E-state index in [0.29, 0.717) is 24.2 Å². The Balaban J connectivity index is 2.74. The van der Waals surface area contributed by atoms with E-state index >= 15 is 0 Å². The van der Waals surface area contributed by atoms with Gasteiger partial charge < -0.3 is 0 Å². The minimum absolute atomic E-state index is 0.300. The maximum Gasteiger partial charge on any atom is 0.260 e. The molecule has 0 radical (unpaired) electrons. The van der Waals surface area contributed by atoms with Crippen LogP contribution in [0.3, 0.4) is 0 Å². The number of rotatable bonds is 7. The first kappa shape index (κ1) is 22.5. The summed E-state index contributed by atoms with van der Waals surface area (Å²) in [6, 6.07) is 14.6. The summed E-state index contributed by atoms with van der Waals surface area (Å²) >= 11 is 12.7. The maximum atomic E-state index is 13.0. The molecule has 0 bridgehead atoms. The van der Waals surface area contributed by atoms with Gasteiger partial charge in [-0.1, -0.05) is 84.0 Å². The second-order valence-corrected chi connectivity index (χ2v) is 13.4. The molecule has 0 aliphatic carbocycles. The van der Waals surface area contributed by atoms with Crippen molar-refractivity contribution in [3.63, 3.8) is 0 Å². The normalized spacial score (nSPS) is 13.6. The molecule has 0 aliphatic heterocycles. The highest BCUT2D eigenvalue weighted by molar-refractivity contribution is 8.08. The highest BCUT2D eigenvalue weighted by Crippen LogP contribution is 2.70. The van der Waals surface area contributed by atoms with Gasteiger partial charge >= 0.3 is 0 Å². The minimum Gasteiger partial charge on any atom is -0.289 e. The molecule has 1 nitrogen and oxygen atoms in total. The Bertz CT molecular complexity index is 777. The highest BCUT2D eigenvalue weighted by atomic mass is 35.9. The van der Waals surface area contributed by atoms with Gasteiger partial charge in [0.15, 0.2) is 0 Å². The molecule has 0 aromatic heterocycles. The molecule has 2 rings (SSSR count). The average Bonchev–Trinajstić information content (AvgIpc) is 2.58. The summed E-state index contributed by atoms with van der Waals surface area (Å²) < 4.78 is 13.0. The summed E-state index contributed by atoms with van der Waals surface area (Å²) in [5.74, 6) is -2.36. The van der Waals surface area contributed by atoms with E-state index in [1.807, 2.05) is 30.3 Å². The van der Waals surface area contributed by atoms with Gasteiger partial charge in [0.05, 0.1) is 5.66 Å². The summed E-state index contributed by atoms with van der Waals surface area (Å²) in [5.41, 5.74) is 5.52. The van der Waals surface area contributed by atoms with E-state index in [4.69, 9.17) is 22.5 Å². The fourth-order valence-corrected chi connectivity index (χ4v) is 5.61. The van der Waals surface area contributed by atoms with Gasteiger partial charge in [0.1, 0.15) is 0 Å². The summed E-state index contributed by atoms with van der Waals surface area (Å²) in [6.45, 7) is 13.1. The topological polar surface area (TPSA) is 17.1 Å². The molecule has 2 aromatic rings. The van der Waals surface area contributed by atoms with Gasteiger partial charge in [-0.25, -0.2) is 0 Å². The van der Waals surface area contributed by atoms with E-state index in [1.54, 1.807) is 0 Å². The SMILES string of the molecule is CC(C)c1cc(C(C)C)c(C(Cc2ccccc2)P(=O)(Cl)Cl)c(C(C)C)c1. The van der Waals surface area contributed by atoms with Crippen molar-refractivity contribution < 1.29 is 4.57 Å². The van der Waals surface area contributed by atoms with Gasteiger partial charge in [-0.2, -0.15) is 0 Å². The Morgan fingerprint density at radius 2 is 1.30 bits per heavy atom. The van der Waals surface area contributed by atoms with Gasteiger partial charge in [0.25, 0.3) is 5.85 Å². The van der Waals surface area contributed by atoms with Crippen LogP contribution in [-0.4, -0.2) is 0 Å². The first-order chi connectivity index (χ1) is 12.5. The van der Waals surface area contributed by atoms with E-state index in [-0.39, 0.29) is 0 Å². The maximum absolute atomic E-state index is 13.0. The zero-order valence-electron chi connectivity index (χ0n) is 17.2. The van der Waals surface area contributed by atoms with Crippen LogP contribution in [0.1, 0.15) is 92.8 Å². The van der Waals surface area contributed by atoms with Crippen LogP contribution in [0.2, 0.25) is 0 Å². The summed E-state index contributed by atoms with van der Waals surface area (Å²) in [5, 5.41) is 0. The van der Waals surface area contributed by atoms with E-state index in [0.717, 1.165) is 11.1 Å². The third kappa shape index (κ3) is 5.63. The van der Waals surface area contributed by atoms with Gasteiger partial charge in [-0.3, -0.25) is 4.57 Å². The lowest BCUT2D eigenvalue weighted by Crippen LogP contribution is -2.12. The average molecular weight is 425 g/mol. The van der Waals surface area contributed by atoms with E-state index in [2.05, 4.69) is 53.7 Å². The molecule has 1 atom stereocenters. The third-order valence-corrected chi connectivity index (χ3v) is 7.73. The third-order valence-electron chi connectivity index (χ3n) is 5.14. The molecule has 0 heterocycles. The molecule has 0 N–H and O–H groups in total. The second kappa shape index (κ2) is 9.17. The monoisotopic (exact) mass is 424 g/mol. The van der Waals surface area contributed by atoms with Crippen molar-refractivity contribution in [3.05, 3.63) is 70.3 Å². The molecule has 2 aromatic carbocycles. The predicted molar refractivity (Wildman–Crippen MR) is 121 cm³/mol. The van der Waals surface area contributed by atoms with Crippen LogP contribution in [0.15, 0.2) is 42.5 Å². The molecule has 27 heavy (non-hydrogen) atoms. The number of hydrogen-bond donors (Lipinski definition) is 0. The van der Waals surface area contributed by atoms with E-state index in [9.17, 15) is 4.57 Å². The van der Waals surface area contributed by atoms with Gasteiger partial charge in [-0.15, -0.1) is 0 Å². The van der Waals surface area contributed by atoms with Crippen molar-refractivity contribution in [1.29, 1.82) is 0 Å². The van der Waals surface area contributed by atoms with Gasteiger partial charge in [0, 0.05) is 0 Å². The van der Waals surface area contributed by atoms with Crippen molar-refractivity contribution >= 4 is 28.3 Å². The molecule has 0 fully saturated rings. The quantitative estimate of drug-likeness (QED) is 0.405. The van der Waals surface area contributed by atoms with Crippen molar-refractivity contribution in [3.8, 4) is 0 Å². The van der Waals surface area contributed by atoms with Crippen LogP contribution < -0.4 is 0 Å². The number of benzene rings is 2. The Morgan fingerprint density at radius 3 is 1.67 bits per heavy atom. The van der Waals surface area contributed by atoms with Crippen molar-refractivity contribution in [2.24, 2.45) is 0 Å². The molecule has 0 saturated carbocycles. The largest absolute Gasteiger partial charge is 0.289 e. The molecule has 1 unspecified atom stereocenters. The molecule has 0 saturated heterocycles. The van der Waals surface area contributed by atoms with Crippen molar-refractivity contribution in [2.75, 3.05) is 0 Å². The molecule has 0 amide bonds. The summed E-state index contributed by atoms with van der Waals surface area (Å²) in [6.07, 6.45) is 0.575. The molecule has 4 heteroatoms. The van der Waals surface area contributed by atoms with Crippen LogP contribution in [0.4, 0.5) is 0 Å². The predicted octanol–water partition coefficient (Wildman–Crippen LogP) is 9.01. The lowest BCUT2D eigenvalue weighted by Gasteiger charge is -2.29. The first-order valence-corrected chi connectivity index (χ1v) is 13.3. The van der Waals surface area contributed by atoms with Crippen LogP contribution in [-0.2, 0) is 11.0 Å². The molecule has 0 spiro atoms. The Kier molecular flexibility index (Phi) is 7.65. The van der Waals surface area contributed by atoms with Crippen LogP contribution in [0.5, 0.6) is 0 Å². The minimum atomic E-state index is -3.39. The Labute approximate surface area is 174 Å². The fourth-order valence-electron chi connectivity index (χ4n) is 3.59. The highest BCUT2D eigenvalue weighted by Gasteiger charge is 2.35. The zero-order valence-corrected chi connectivity index (χ0v) is 19.6. The van der Waals surface area contributed by atoms with Crippen LogP contribution in [0.25, 0.3) is 0 Å². The zero-order chi connectivity index (χ0) is 20.4. The second-order valence-electron chi connectivity index (χ2n) is 8.29. The molecule has 0 aliphatic rings. The number of hydrogen-bond acceptors (Lipinski definition) is 1. The first-order valence-electron chi connectivity index (χ1n) is 9.72. The van der Waals surface area contributed by atoms with Crippen molar-refractivity contribution in [1.82, 2.24) is 0 Å². The fraction of sp³-hybridized carbons (Fsp3) is 0.478. The lowest BCUT2D eigenvalue weighted by molar-refractivity contribution is 0.582. The summed E-state index contributed by atoms with van der Waals surface area (Å²) in [7, 11) is 0. The van der Waals surface area contributed by atoms with Crippen LogP contribution >= 0.6 is 28.3 Å². The van der Waals surface area contributed by atoms with E-state index < -0.39 is 11.5 Å². The van der Waals surface area contributed by atoms with E-state index in [1.165, 1.54) is 16.7 Å². The lowest BCUT2D eigenvalue weighted by atomic mass is 9.82. The Hall–Kier alpha value is -0.750. The Morgan fingerprint density at radius 1 is 0.815 bits per heavy atom. The number of halogens is 2.